The first-order valence-electron chi connectivity index (χ1n) is 23.9. The third-order valence-corrected chi connectivity index (χ3v) is 13.9. The van der Waals surface area contributed by atoms with Crippen molar-refractivity contribution < 1.29 is 28.3 Å². The molecule has 2 aromatic heterocycles. The molecule has 2 fully saturated rings. The summed E-state index contributed by atoms with van der Waals surface area (Å²) in [6, 6.07) is 31.8. The number of ether oxygens (including phenoxy) is 2. The summed E-state index contributed by atoms with van der Waals surface area (Å²) in [5.41, 5.74) is 11.4. The summed E-state index contributed by atoms with van der Waals surface area (Å²) in [6.45, 7) is 3.82. The van der Waals surface area contributed by atoms with Gasteiger partial charge in [-0.25, -0.2) is 18.7 Å². The minimum Gasteiger partial charge on any atom is -0.481 e. The molecule has 0 amide bonds. The van der Waals surface area contributed by atoms with E-state index in [9.17, 15) is 8.78 Å². The standard InChI is InChI=1S/C28H29FN2O.C25H24BrFN2O.C3H7BO2/c1-18-30-27(25(28(31-18)32-2)16-19-6-4-3-5-7-19)22-12-10-21(11-13-22)24-15-14-23(17-26(24)29)20-8-9-20;1-16-28-24(22(25(29-16)30-2)14-17-6-4-3-5-7-17)19-10-8-18(9-11-19)21-13-12-20(26)15-23(21)27;5-4(6)3-1-2-3/h3-7,10,14-15,17,20,22H,8-9,11-13,16H2,1-2H3;3-8,12-13,15,19H,9-11,14H2,1-2H3;3,5-6H,1-2H2. The monoisotopic (exact) mass is 980 g/mol. The molecule has 0 spiro atoms. The molecule has 4 aromatic carbocycles. The lowest BCUT2D eigenvalue weighted by Gasteiger charge is -2.25. The highest BCUT2D eigenvalue weighted by Crippen LogP contribution is 2.44. The Labute approximate surface area is 408 Å². The summed E-state index contributed by atoms with van der Waals surface area (Å²) in [4.78, 5) is 18.8. The van der Waals surface area contributed by atoms with Crippen molar-refractivity contribution in [1.29, 1.82) is 0 Å². The van der Waals surface area contributed by atoms with Crippen molar-refractivity contribution >= 4 is 34.2 Å². The fourth-order valence-electron chi connectivity index (χ4n) is 9.39. The van der Waals surface area contributed by atoms with Crippen molar-refractivity contribution in [3.63, 3.8) is 0 Å². The van der Waals surface area contributed by atoms with Crippen molar-refractivity contribution in [2.75, 3.05) is 14.2 Å². The van der Waals surface area contributed by atoms with Crippen LogP contribution in [0.3, 0.4) is 0 Å². The van der Waals surface area contributed by atoms with E-state index in [0.29, 0.717) is 29.1 Å². The zero-order chi connectivity index (χ0) is 47.7. The molecule has 2 heterocycles. The molecule has 2 saturated carbocycles. The Morgan fingerprint density at radius 2 is 1.06 bits per heavy atom. The molecule has 352 valence electrons. The summed E-state index contributed by atoms with van der Waals surface area (Å²) in [5.74, 6) is 3.82. The van der Waals surface area contributed by atoms with E-state index in [0.717, 1.165) is 119 Å². The van der Waals surface area contributed by atoms with Crippen molar-refractivity contribution in [3.05, 3.63) is 187 Å². The molecule has 68 heavy (non-hydrogen) atoms. The van der Waals surface area contributed by atoms with Crippen LogP contribution in [0.2, 0.25) is 5.82 Å². The van der Waals surface area contributed by atoms with E-state index in [4.69, 9.17) is 29.5 Å². The van der Waals surface area contributed by atoms with E-state index in [1.165, 1.54) is 30.0 Å². The highest BCUT2D eigenvalue weighted by molar-refractivity contribution is 9.10. The maximum atomic E-state index is 14.8. The first-order chi connectivity index (χ1) is 33.0. The van der Waals surface area contributed by atoms with Crippen LogP contribution in [0.25, 0.3) is 11.1 Å². The topological polar surface area (TPSA) is 110 Å². The zero-order valence-electron chi connectivity index (χ0n) is 39.4. The van der Waals surface area contributed by atoms with Gasteiger partial charge in [-0.15, -0.1) is 0 Å². The van der Waals surface area contributed by atoms with Gasteiger partial charge in [-0.1, -0.05) is 120 Å². The summed E-state index contributed by atoms with van der Waals surface area (Å²) in [6.07, 6.45) is 15.4. The third kappa shape index (κ3) is 12.6. The second-order valence-corrected chi connectivity index (χ2v) is 19.3. The Kier molecular flexibility index (Phi) is 16.3. The Balaban J connectivity index is 0.000000164. The third-order valence-electron chi connectivity index (χ3n) is 13.4. The van der Waals surface area contributed by atoms with E-state index < -0.39 is 7.12 Å². The van der Waals surface area contributed by atoms with E-state index >= 15 is 0 Å². The second-order valence-electron chi connectivity index (χ2n) is 18.4. The number of halogens is 3. The van der Waals surface area contributed by atoms with Gasteiger partial charge in [0, 0.05) is 51.4 Å². The van der Waals surface area contributed by atoms with Gasteiger partial charge in [-0.2, -0.15) is 9.97 Å². The number of rotatable bonds is 12. The first-order valence-corrected chi connectivity index (χ1v) is 24.7. The summed E-state index contributed by atoms with van der Waals surface area (Å²) in [7, 11) is 2.30. The maximum Gasteiger partial charge on any atom is 0.454 e. The average Bonchev–Trinajstić information content (AvgIpc) is 4.29. The lowest BCUT2D eigenvalue weighted by molar-refractivity contribution is 0.387. The molecule has 12 heteroatoms. The molecule has 10 rings (SSSR count). The van der Waals surface area contributed by atoms with Gasteiger partial charge in [0.15, 0.2) is 0 Å². The van der Waals surface area contributed by atoms with Gasteiger partial charge < -0.3 is 19.5 Å². The van der Waals surface area contributed by atoms with Crippen molar-refractivity contribution in [2.24, 2.45) is 0 Å². The van der Waals surface area contributed by atoms with Crippen LogP contribution in [0.5, 0.6) is 11.8 Å². The van der Waals surface area contributed by atoms with E-state index in [1.54, 1.807) is 20.3 Å². The molecule has 2 unspecified atom stereocenters. The van der Waals surface area contributed by atoms with Gasteiger partial charge in [-0.05, 0) is 123 Å². The molecule has 4 aliphatic rings. The van der Waals surface area contributed by atoms with Gasteiger partial charge in [0.05, 0.1) is 25.6 Å². The smallest absolute Gasteiger partial charge is 0.454 e. The quantitative estimate of drug-likeness (QED) is 0.117. The van der Waals surface area contributed by atoms with Crippen molar-refractivity contribution in [1.82, 2.24) is 19.9 Å². The predicted molar refractivity (Wildman–Crippen MR) is 270 cm³/mol. The predicted octanol–water partition coefficient (Wildman–Crippen LogP) is 13.0. The fourth-order valence-corrected chi connectivity index (χ4v) is 9.72. The molecule has 2 N–H and O–H groups in total. The SMILES string of the molecule is COc1nc(C)nc(C2CC=C(c3ccc(Br)cc3F)CC2)c1Cc1ccccc1.COc1nc(C)nc(C2CC=C(c3ccc(C4CC4)cc3F)CC2)c1Cc1ccccc1.OB(O)C1CC1. The number of aryl methyl sites for hydroxylation is 2. The van der Waals surface area contributed by atoms with Crippen LogP contribution in [-0.2, 0) is 12.8 Å². The van der Waals surface area contributed by atoms with Crippen LogP contribution < -0.4 is 9.47 Å². The van der Waals surface area contributed by atoms with E-state index in [2.05, 4.69) is 80.5 Å². The van der Waals surface area contributed by atoms with Gasteiger partial charge >= 0.3 is 7.12 Å². The number of nitrogens with zero attached hydrogens (tertiary/aromatic N) is 4. The Morgan fingerprint density at radius 3 is 1.43 bits per heavy atom. The number of benzene rings is 4. The minimum atomic E-state index is -1.04. The highest BCUT2D eigenvalue weighted by Gasteiger charge is 2.33. The highest BCUT2D eigenvalue weighted by atomic mass is 79.9. The number of hydrogen-bond acceptors (Lipinski definition) is 8. The molecule has 0 aliphatic heterocycles. The lowest BCUT2D eigenvalue weighted by atomic mass is 9.82. The number of aromatic nitrogens is 4. The Morgan fingerprint density at radius 1 is 0.588 bits per heavy atom. The largest absolute Gasteiger partial charge is 0.481 e. The van der Waals surface area contributed by atoms with Crippen molar-refractivity contribution in [3.8, 4) is 11.8 Å². The molecular formula is C56H60BBrF2N4O4. The normalized spacial score (nSPS) is 17.7. The first kappa shape index (κ1) is 48.9. The van der Waals surface area contributed by atoms with Gasteiger partial charge in [0.1, 0.15) is 23.3 Å². The Hall–Kier alpha value is -5.56. The van der Waals surface area contributed by atoms with Gasteiger partial charge in [-0.3, -0.25) is 0 Å². The van der Waals surface area contributed by atoms with E-state index in [-0.39, 0.29) is 29.3 Å². The van der Waals surface area contributed by atoms with Crippen molar-refractivity contribution in [2.45, 2.75) is 114 Å². The van der Waals surface area contributed by atoms with Crippen LogP contribution in [0.1, 0.15) is 144 Å². The molecule has 0 bridgehead atoms. The van der Waals surface area contributed by atoms with Crippen LogP contribution in [-0.4, -0.2) is 51.3 Å². The second kappa shape index (κ2) is 22.7. The zero-order valence-corrected chi connectivity index (χ0v) is 41.0. The van der Waals surface area contributed by atoms with Gasteiger partial charge in [0.25, 0.3) is 0 Å². The molecular weight excluding hydrogens is 921 g/mol. The number of hydrogen-bond donors (Lipinski definition) is 2. The van der Waals surface area contributed by atoms with Crippen LogP contribution in [0, 0.1) is 25.5 Å². The number of allylic oxidation sites excluding steroid dienone is 4. The Bertz CT molecular complexity index is 2750. The average molecular weight is 982 g/mol. The van der Waals surface area contributed by atoms with Crippen LogP contribution in [0.4, 0.5) is 8.78 Å². The molecule has 6 aromatic rings. The molecule has 2 atom stereocenters. The maximum absolute atomic E-state index is 14.8. The summed E-state index contributed by atoms with van der Waals surface area (Å²) in [5, 5.41) is 16.5. The fraction of sp³-hybridized carbons (Fsp3) is 0.357. The molecule has 8 nitrogen and oxygen atoms in total. The van der Waals surface area contributed by atoms with Crippen LogP contribution >= 0.6 is 15.9 Å². The van der Waals surface area contributed by atoms with E-state index in [1.807, 2.05) is 56.3 Å². The summed E-state index contributed by atoms with van der Waals surface area (Å²) < 4.78 is 41.3. The van der Waals surface area contributed by atoms with Crippen LogP contribution in [0.15, 0.2) is 114 Å². The van der Waals surface area contributed by atoms with Gasteiger partial charge in [0.2, 0.25) is 11.8 Å². The molecule has 0 saturated heterocycles. The molecule has 0 radical (unpaired) electrons. The minimum absolute atomic E-state index is 0.0802. The number of methoxy groups -OCH3 is 2. The molecule has 4 aliphatic carbocycles. The summed E-state index contributed by atoms with van der Waals surface area (Å²) >= 11 is 3.33. The lowest BCUT2D eigenvalue weighted by Crippen LogP contribution is -2.13.